The zero-order chi connectivity index (χ0) is 18.4. The van der Waals surface area contributed by atoms with Gasteiger partial charge in [-0.15, -0.1) is 11.8 Å². The molecule has 0 bridgehead atoms. The fourth-order valence-corrected chi connectivity index (χ4v) is 3.67. The first-order valence-corrected chi connectivity index (χ1v) is 9.52. The number of halogens is 2. The van der Waals surface area contributed by atoms with Crippen molar-refractivity contribution in [3.8, 4) is 5.69 Å². The van der Waals surface area contributed by atoms with Crippen LogP contribution in [0.2, 0.25) is 5.02 Å². The van der Waals surface area contributed by atoms with Gasteiger partial charge in [0.15, 0.2) is 0 Å². The Kier molecular flexibility index (Phi) is 6.30. The van der Waals surface area contributed by atoms with E-state index in [1.54, 1.807) is 24.7 Å². The van der Waals surface area contributed by atoms with Crippen molar-refractivity contribution in [3.05, 3.63) is 83.2 Å². The van der Waals surface area contributed by atoms with Crippen LogP contribution in [-0.2, 0) is 17.1 Å². The Morgan fingerprint density at radius 2 is 2.08 bits per heavy atom. The molecule has 0 atom stereocenters. The zero-order valence-corrected chi connectivity index (χ0v) is 15.4. The molecule has 4 nitrogen and oxygen atoms in total. The lowest BCUT2D eigenvalue weighted by Crippen LogP contribution is -2.25. The molecule has 0 saturated carbocycles. The smallest absolute Gasteiger partial charge is 0.230 e. The summed E-state index contributed by atoms with van der Waals surface area (Å²) in [6.07, 6.45) is 5.28. The number of nitrogens with one attached hydrogen (secondary N) is 1. The van der Waals surface area contributed by atoms with Gasteiger partial charge in [0.05, 0.1) is 17.8 Å². The van der Waals surface area contributed by atoms with Gasteiger partial charge >= 0.3 is 0 Å². The third-order valence-corrected chi connectivity index (χ3v) is 5.10. The Balaban J connectivity index is 1.52. The summed E-state index contributed by atoms with van der Waals surface area (Å²) < 4.78 is 15.6. The summed E-state index contributed by atoms with van der Waals surface area (Å²) in [6.45, 7) is 0.411. The van der Waals surface area contributed by atoms with Gasteiger partial charge < -0.3 is 9.88 Å². The third kappa shape index (κ3) is 4.65. The van der Waals surface area contributed by atoms with Gasteiger partial charge in [-0.2, -0.15) is 0 Å². The molecule has 0 aliphatic carbocycles. The molecule has 3 aromatic rings. The highest BCUT2D eigenvalue weighted by molar-refractivity contribution is 7.99. The van der Waals surface area contributed by atoms with E-state index in [1.807, 2.05) is 35.0 Å². The van der Waals surface area contributed by atoms with Crippen LogP contribution in [0.4, 0.5) is 4.39 Å². The minimum atomic E-state index is -0.348. The molecule has 3 rings (SSSR count). The van der Waals surface area contributed by atoms with Crippen molar-refractivity contribution in [1.82, 2.24) is 14.9 Å². The number of aromatic nitrogens is 2. The van der Waals surface area contributed by atoms with Crippen molar-refractivity contribution >= 4 is 29.3 Å². The number of hydrogen-bond acceptors (Lipinski definition) is 3. The monoisotopic (exact) mass is 389 g/mol. The van der Waals surface area contributed by atoms with Gasteiger partial charge in [0, 0.05) is 35.3 Å². The molecule has 0 radical (unpaired) electrons. The Labute approximate surface area is 160 Å². The summed E-state index contributed by atoms with van der Waals surface area (Å²) >= 11 is 7.32. The summed E-state index contributed by atoms with van der Waals surface area (Å²) in [6, 6.07) is 12.4. The molecular formula is C19H17ClFN3OS. The molecule has 1 N–H and O–H groups in total. The molecule has 7 heteroatoms. The zero-order valence-electron chi connectivity index (χ0n) is 13.9. The van der Waals surface area contributed by atoms with Crippen molar-refractivity contribution < 1.29 is 9.18 Å². The quantitative estimate of drug-likeness (QED) is 0.658. The SMILES string of the molecule is O=C(CSCc1c(F)cccc1Cl)NCc1ccccc1-n1ccnc1. The lowest BCUT2D eigenvalue weighted by Gasteiger charge is -2.11. The number of benzene rings is 2. The Bertz CT molecular complexity index is 866. The summed E-state index contributed by atoms with van der Waals surface area (Å²) in [5, 5.41) is 3.28. The van der Waals surface area contributed by atoms with Gasteiger partial charge in [-0.1, -0.05) is 35.9 Å². The number of carbonyl (C=O) groups excluding carboxylic acids is 1. The molecule has 134 valence electrons. The molecule has 0 unspecified atom stereocenters. The maximum atomic E-state index is 13.7. The van der Waals surface area contributed by atoms with Crippen LogP contribution in [0.15, 0.2) is 61.2 Å². The highest BCUT2D eigenvalue weighted by Gasteiger charge is 2.09. The van der Waals surface area contributed by atoms with E-state index in [2.05, 4.69) is 10.3 Å². The molecule has 26 heavy (non-hydrogen) atoms. The molecular weight excluding hydrogens is 373 g/mol. The van der Waals surface area contributed by atoms with Crippen LogP contribution >= 0.6 is 23.4 Å². The fourth-order valence-electron chi connectivity index (χ4n) is 2.47. The van der Waals surface area contributed by atoms with Crippen LogP contribution in [-0.4, -0.2) is 21.2 Å². The van der Waals surface area contributed by atoms with Crippen LogP contribution < -0.4 is 5.32 Å². The summed E-state index contributed by atoms with van der Waals surface area (Å²) in [7, 11) is 0. The minimum Gasteiger partial charge on any atom is -0.351 e. The molecule has 1 heterocycles. The van der Waals surface area contributed by atoms with Gasteiger partial charge in [0.1, 0.15) is 5.82 Å². The molecule has 0 aliphatic heterocycles. The number of hydrogen-bond donors (Lipinski definition) is 1. The predicted octanol–water partition coefficient (Wildman–Crippen LogP) is 4.21. The lowest BCUT2D eigenvalue weighted by molar-refractivity contribution is -0.118. The summed E-state index contributed by atoms with van der Waals surface area (Å²) in [5.41, 5.74) is 2.38. The molecule has 1 amide bonds. The van der Waals surface area contributed by atoms with E-state index in [9.17, 15) is 9.18 Å². The molecule has 0 saturated heterocycles. The first-order chi connectivity index (χ1) is 12.6. The Morgan fingerprint density at radius 1 is 1.23 bits per heavy atom. The largest absolute Gasteiger partial charge is 0.351 e. The van der Waals surface area contributed by atoms with Crippen molar-refractivity contribution in [1.29, 1.82) is 0 Å². The third-order valence-electron chi connectivity index (χ3n) is 3.79. The summed E-state index contributed by atoms with van der Waals surface area (Å²) in [4.78, 5) is 16.1. The van der Waals surface area contributed by atoms with Crippen LogP contribution in [0.5, 0.6) is 0 Å². The van der Waals surface area contributed by atoms with Crippen molar-refractivity contribution in [2.45, 2.75) is 12.3 Å². The number of nitrogens with zero attached hydrogens (tertiary/aromatic N) is 2. The van der Waals surface area contributed by atoms with E-state index < -0.39 is 0 Å². The summed E-state index contributed by atoms with van der Waals surface area (Å²) in [5.74, 6) is 0.130. The van der Waals surface area contributed by atoms with E-state index >= 15 is 0 Å². The average Bonchev–Trinajstić information content (AvgIpc) is 3.17. The lowest BCUT2D eigenvalue weighted by atomic mass is 10.1. The molecule has 1 aromatic heterocycles. The van der Waals surface area contributed by atoms with E-state index in [4.69, 9.17) is 11.6 Å². The number of carbonyl (C=O) groups is 1. The van der Waals surface area contributed by atoms with Gasteiger partial charge in [0.25, 0.3) is 0 Å². The van der Waals surface area contributed by atoms with Gasteiger partial charge in [-0.25, -0.2) is 9.37 Å². The van der Waals surface area contributed by atoms with Gasteiger partial charge in [0.2, 0.25) is 5.91 Å². The average molecular weight is 390 g/mol. The van der Waals surface area contributed by atoms with E-state index in [0.29, 0.717) is 22.9 Å². The van der Waals surface area contributed by atoms with Crippen LogP contribution in [0.25, 0.3) is 5.69 Å². The Morgan fingerprint density at radius 3 is 2.85 bits per heavy atom. The van der Waals surface area contributed by atoms with Crippen LogP contribution in [0, 0.1) is 5.82 Å². The van der Waals surface area contributed by atoms with E-state index in [-0.39, 0.29) is 17.5 Å². The second-order valence-electron chi connectivity index (χ2n) is 5.57. The van der Waals surface area contributed by atoms with E-state index in [1.165, 1.54) is 17.8 Å². The van der Waals surface area contributed by atoms with Crippen molar-refractivity contribution in [3.63, 3.8) is 0 Å². The van der Waals surface area contributed by atoms with Crippen molar-refractivity contribution in [2.24, 2.45) is 0 Å². The fraction of sp³-hybridized carbons (Fsp3) is 0.158. The standard InChI is InChI=1S/C19H17ClFN3OS/c20-16-5-3-6-17(21)15(16)11-26-12-19(25)23-10-14-4-1-2-7-18(14)24-9-8-22-13-24/h1-9,13H,10-12H2,(H,23,25). The molecule has 0 aliphatic rings. The highest BCUT2D eigenvalue weighted by atomic mass is 35.5. The molecule has 2 aromatic carbocycles. The van der Waals surface area contributed by atoms with E-state index in [0.717, 1.165) is 11.3 Å². The topological polar surface area (TPSA) is 46.9 Å². The minimum absolute atomic E-state index is 0.108. The first-order valence-electron chi connectivity index (χ1n) is 7.98. The number of rotatable bonds is 7. The second kappa shape index (κ2) is 8.87. The second-order valence-corrected chi connectivity index (χ2v) is 6.96. The normalized spacial score (nSPS) is 10.7. The highest BCUT2D eigenvalue weighted by Crippen LogP contribution is 2.23. The number of para-hydroxylation sites is 1. The Hall–Kier alpha value is -2.31. The maximum absolute atomic E-state index is 13.7. The molecule has 0 spiro atoms. The van der Waals surface area contributed by atoms with Crippen LogP contribution in [0.1, 0.15) is 11.1 Å². The van der Waals surface area contributed by atoms with Crippen LogP contribution in [0.3, 0.4) is 0 Å². The van der Waals surface area contributed by atoms with Gasteiger partial charge in [-0.3, -0.25) is 4.79 Å². The predicted molar refractivity (Wildman–Crippen MR) is 103 cm³/mol. The number of amides is 1. The van der Waals surface area contributed by atoms with Gasteiger partial charge in [-0.05, 0) is 23.8 Å². The molecule has 0 fully saturated rings. The number of thioether (sulfide) groups is 1. The van der Waals surface area contributed by atoms with Crippen molar-refractivity contribution in [2.75, 3.05) is 5.75 Å². The maximum Gasteiger partial charge on any atom is 0.230 e. The number of imidazole rings is 1. The first kappa shape index (κ1) is 18.5.